The predicted octanol–water partition coefficient (Wildman–Crippen LogP) is 9.21. The highest BCUT2D eigenvalue weighted by Crippen LogP contribution is 2.39. The summed E-state index contributed by atoms with van der Waals surface area (Å²) < 4.78 is 147. The van der Waals surface area contributed by atoms with E-state index in [0.717, 1.165) is 6.07 Å². The van der Waals surface area contributed by atoms with Crippen molar-refractivity contribution in [3.05, 3.63) is 112 Å². The van der Waals surface area contributed by atoms with Gasteiger partial charge in [-0.3, -0.25) is 0 Å². The summed E-state index contributed by atoms with van der Waals surface area (Å²) in [5.74, 6) is -14.1. The number of halogens is 10. The molecule has 0 spiro atoms. The molecule has 4 rings (SSSR count). The minimum Gasteiger partial charge on any atom is -0.423 e. The lowest BCUT2D eigenvalue weighted by atomic mass is 10.00. The Balaban J connectivity index is 1.65. The smallest absolute Gasteiger partial charge is 0.423 e. The third kappa shape index (κ3) is 5.43. The Morgan fingerprint density at radius 1 is 0.590 bits per heavy atom. The Labute approximate surface area is 215 Å². The fraction of sp³-hybridized carbons (Fsp3) is 0.143. The van der Waals surface area contributed by atoms with Crippen molar-refractivity contribution in [1.29, 1.82) is 0 Å². The molecule has 0 saturated heterocycles. The Bertz CT molecular complexity index is 1520. The fourth-order valence-electron chi connectivity index (χ4n) is 3.92. The standard InChI is InChI=1S/C28H16F10O/c1-2-3-13-4-6-18(25(35)24(13)34)15-10-22(32)27(23(33)11-15)39-28(37,38)16-5-7-17(19(29)12-16)14-8-20(30)26(36)21(31)9-14/h4-12H,2-3H2,1H3. The summed E-state index contributed by atoms with van der Waals surface area (Å²) in [4.78, 5) is 0. The van der Waals surface area contributed by atoms with Crippen LogP contribution in [0, 0.1) is 46.5 Å². The maximum atomic E-state index is 14.8. The second kappa shape index (κ2) is 10.6. The molecule has 0 fully saturated rings. The normalized spacial score (nSPS) is 11.7. The van der Waals surface area contributed by atoms with E-state index in [0.29, 0.717) is 42.8 Å². The molecule has 0 N–H and O–H groups in total. The molecule has 0 atom stereocenters. The molecule has 0 amide bonds. The van der Waals surface area contributed by atoms with Crippen LogP contribution in [0.1, 0.15) is 24.5 Å². The maximum Gasteiger partial charge on any atom is 0.427 e. The van der Waals surface area contributed by atoms with Crippen LogP contribution in [0.3, 0.4) is 0 Å². The molecule has 0 aliphatic rings. The zero-order valence-electron chi connectivity index (χ0n) is 19.8. The van der Waals surface area contributed by atoms with Crippen molar-refractivity contribution in [3.8, 4) is 28.0 Å². The molecule has 0 bridgehead atoms. The first-order valence-corrected chi connectivity index (χ1v) is 11.3. The fourth-order valence-corrected chi connectivity index (χ4v) is 3.92. The van der Waals surface area contributed by atoms with Gasteiger partial charge in [0.25, 0.3) is 0 Å². The number of aryl methyl sites for hydroxylation is 1. The average molecular weight is 558 g/mol. The van der Waals surface area contributed by atoms with Crippen LogP contribution in [0.15, 0.2) is 54.6 Å². The third-order valence-electron chi connectivity index (χ3n) is 5.82. The van der Waals surface area contributed by atoms with E-state index in [2.05, 4.69) is 4.74 Å². The van der Waals surface area contributed by atoms with Gasteiger partial charge in [0.1, 0.15) is 5.82 Å². The van der Waals surface area contributed by atoms with Crippen molar-refractivity contribution in [2.75, 3.05) is 0 Å². The summed E-state index contributed by atoms with van der Waals surface area (Å²) in [5.41, 5.74) is -3.27. The van der Waals surface area contributed by atoms with Gasteiger partial charge in [0.05, 0.1) is 5.56 Å². The number of rotatable bonds is 7. The Morgan fingerprint density at radius 2 is 1.13 bits per heavy atom. The van der Waals surface area contributed by atoms with Gasteiger partial charge in [0.2, 0.25) is 0 Å². The molecule has 0 unspecified atom stereocenters. The molecule has 4 aromatic carbocycles. The SMILES string of the molecule is CCCc1ccc(-c2cc(F)c(OC(F)(F)c3ccc(-c4cc(F)c(F)c(F)c4)c(F)c3)c(F)c2)c(F)c1F. The van der Waals surface area contributed by atoms with Gasteiger partial charge in [0.15, 0.2) is 46.5 Å². The zero-order chi connectivity index (χ0) is 28.6. The van der Waals surface area contributed by atoms with Gasteiger partial charge in [-0.05, 0) is 59.5 Å². The van der Waals surface area contributed by atoms with Crippen molar-refractivity contribution in [2.45, 2.75) is 25.9 Å². The molecular formula is C28H16F10O. The van der Waals surface area contributed by atoms with Crippen LogP contribution in [0.5, 0.6) is 5.75 Å². The topological polar surface area (TPSA) is 9.23 Å². The van der Waals surface area contributed by atoms with Crippen molar-refractivity contribution in [1.82, 2.24) is 0 Å². The summed E-state index contributed by atoms with van der Waals surface area (Å²) in [5, 5.41) is 0. The van der Waals surface area contributed by atoms with E-state index in [9.17, 15) is 43.9 Å². The molecule has 11 heteroatoms. The van der Waals surface area contributed by atoms with E-state index in [1.54, 1.807) is 6.92 Å². The van der Waals surface area contributed by atoms with E-state index < -0.39 is 86.2 Å². The lowest BCUT2D eigenvalue weighted by Crippen LogP contribution is -2.23. The zero-order valence-corrected chi connectivity index (χ0v) is 19.8. The summed E-state index contributed by atoms with van der Waals surface area (Å²) in [7, 11) is 0. The Hall–Kier alpha value is -4.02. The predicted molar refractivity (Wildman–Crippen MR) is 122 cm³/mol. The van der Waals surface area contributed by atoms with Gasteiger partial charge < -0.3 is 4.74 Å². The number of hydrogen-bond donors (Lipinski definition) is 0. The van der Waals surface area contributed by atoms with Gasteiger partial charge in [-0.15, -0.1) is 0 Å². The minimum absolute atomic E-state index is 0.0484. The third-order valence-corrected chi connectivity index (χ3v) is 5.82. The lowest BCUT2D eigenvalue weighted by molar-refractivity contribution is -0.188. The maximum absolute atomic E-state index is 14.8. The molecule has 204 valence electrons. The molecule has 0 aliphatic carbocycles. The van der Waals surface area contributed by atoms with E-state index >= 15 is 0 Å². The van der Waals surface area contributed by atoms with Crippen molar-refractivity contribution < 1.29 is 48.6 Å². The van der Waals surface area contributed by atoms with Crippen LogP contribution in [0.2, 0.25) is 0 Å². The highest BCUT2D eigenvalue weighted by Gasteiger charge is 2.37. The molecule has 0 saturated carbocycles. The van der Waals surface area contributed by atoms with E-state index in [4.69, 9.17) is 0 Å². The first kappa shape index (κ1) is 28.0. The Morgan fingerprint density at radius 3 is 1.69 bits per heavy atom. The quantitative estimate of drug-likeness (QED) is 0.162. The molecule has 0 aliphatic heterocycles. The van der Waals surface area contributed by atoms with Crippen molar-refractivity contribution in [2.24, 2.45) is 0 Å². The van der Waals surface area contributed by atoms with Gasteiger partial charge in [-0.1, -0.05) is 31.5 Å². The highest BCUT2D eigenvalue weighted by atomic mass is 19.3. The highest BCUT2D eigenvalue weighted by molar-refractivity contribution is 5.67. The van der Waals surface area contributed by atoms with E-state index in [1.165, 1.54) is 6.07 Å². The van der Waals surface area contributed by atoms with Gasteiger partial charge >= 0.3 is 6.11 Å². The monoisotopic (exact) mass is 558 g/mol. The van der Waals surface area contributed by atoms with Gasteiger partial charge in [0, 0.05) is 11.1 Å². The van der Waals surface area contributed by atoms with Crippen molar-refractivity contribution >= 4 is 0 Å². The molecular weight excluding hydrogens is 542 g/mol. The Kier molecular flexibility index (Phi) is 7.63. The molecule has 0 aromatic heterocycles. The molecule has 39 heavy (non-hydrogen) atoms. The van der Waals surface area contributed by atoms with Crippen LogP contribution >= 0.6 is 0 Å². The number of ether oxygens (including phenoxy) is 1. The van der Waals surface area contributed by atoms with Gasteiger partial charge in [-0.25, -0.2) is 35.1 Å². The molecule has 0 heterocycles. The largest absolute Gasteiger partial charge is 0.427 e. The average Bonchev–Trinajstić information content (AvgIpc) is 2.87. The first-order chi connectivity index (χ1) is 18.3. The molecule has 1 nitrogen and oxygen atoms in total. The summed E-state index contributed by atoms with van der Waals surface area (Å²) in [6, 6.07) is 5.61. The second-order valence-electron chi connectivity index (χ2n) is 8.49. The van der Waals surface area contributed by atoms with Crippen LogP contribution in [-0.4, -0.2) is 0 Å². The van der Waals surface area contributed by atoms with E-state index in [-0.39, 0.29) is 18.1 Å². The number of alkyl halides is 2. The molecule has 4 aromatic rings. The summed E-state index contributed by atoms with van der Waals surface area (Å²) in [6.07, 6.45) is -3.80. The minimum atomic E-state index is -4.53. The van der Waals surface area contributed by atoms with Crippen LogP contribution in [0.25, 0.3) is 22.3 Å². The first-order valence-electron chi connectivity index (χ1n) is 11.3. The van der Waals surface area contributed by atoms with Gasteiger partial charge in [-0.2, -0.15) is 8.78 Å². The summed E-state index contributed by atoms with van der Waals surface area (Å²) in [6.45, 7) is 1.74. The van der Waals surface area contributed by atoms with E-state index in [1.807, 2.05) is 0 Å². The lowest BCUT2D eigenvalue weighted by Gasteiger charge is -2.20. The van der Waals surface area contributed by atoms with Crippen LogP contribution < -0.4 is 4.74 Å². The van der Waals surface area contributed by atoms with Crippen molar-refractivity contribution in [3.63, 3.8) is 0 Å². The number of hydrogen-bond acceptors (Lipinski definition) is 1. The molecule has 0 radical (unpaired) electrons. The summed E-state index contributed by atoms with van der Waals surface area (Å²) >= 11 is 0. The second-order valence-corrected chi connectivity index (χ2v) is 8.49. The number of benzene rings is 4. The van der Waals surface area contributed by atoms with Crippen LogP contribution in [-0.2, 0) is 12.5 Å². The van der Waals surface area contributed by atoms with Crippen LogP contribution in [0.4, 0.5) is 43.9 Å².